The molecule has 0 aromatic rings. The summed E-state index contributed by atoms with van der Waals surface area (Å²) in [5, 5.41) is 3.87. The standard InChI is InChI=1S/C6H4Cl2N2O3S/c7-3-1-2-4(14(8,11)12)6-5(3)9-13-10-6/h1-2,6,10H. The van der Waals surface area contributed by atoms with Crippen LogP contribution >= 0.6 is 22.3 Å². The highest BCUT2D eigenvalue weighted by Crippen LogP contribution is 2.28. The minimum absolute atomic E-state index is 0.0279. The van der Waals surface area contributed by atoms with E-state index in [0.717, 1.165) is 0 Å². The Balaban J connectivity index is 2.52. The molecule has 1 heterocycles. The van der Waals surface area contributed by atoms with Crippen molar-refractivity contribution in [3.63, 3.8) is 0 Å². The summed E-state index contributed by atoms with van der Waals surface area (Å²) in [7, 11) is 1.41. The molecule has 0 spiro atoms. The number of hydroxylamine groups is 1. The number of nitrogens with one attached hydrogen (secondary N) is 1. The van der Waals surface area contributed by atoms with Crippen LogP contribution < -0.4 is 5.48 Å². The van der Waals surface area contributed by atoms with Crippen molar-refractivity contribution in [2.45, 2.75) is 6.04 Å². The van der Waals surface area contributed by atoms with Gasteiger partial charge in [-0.1, -0.05) is 16.8 Å². The predicted molar refractivity (Wildman–Crippen MR) is 52.2 cm³/mol. The molecule has 76 valence electrons. The molecule has 0 bridgehead atoms. The van der Waals surface area contributed by atoms with Crippen molar-refractivity contribution in [3.8, 4) is 0 Å². The van der Waals surface area contributed by atoms with E-state index >= 15 is 0 Å². The molecule has 0 saturated heterocycles. The lowest BCUT2D eigenvalue weighted by atomic mass is 10.1. The van der Waals surface area contributed by atoms with Gasteiger partial charge in [0.25, 0.3) is 9.05 Å². The molecule has 14 heavy (non-hydrogen) atoms. The molecule has 0 saturated carbocycles. The van der Waals surface area contributed by atoms with Gasteiger partial charge >= 0.3 is 0 Å². The summed E-state index contributed by atoms with van der Waals surface area (Å²) in [4.78, 5) is 4.51. The number of hydrogen-bond donors (Lipinski definition) is 1. The SMILES string of the molecule is O=S(=O)(Cl)C1=CC=C(Cl)C2=NONC12. The number of halogens is 2. The van der Waals surface area contributed by atoms with Crippen LogP contribution in [0.25, 0.3) is 0 Å². The van der Waals surface area contributed by atoms with Crippen LogP contribution in [0.3, 0.4) is 0 Å². The Bertz CT molecular complexity index is 465. The third kappa shape index (κ3) is 1.54. The van der Waals surface area contributed by atoms with E-state index in [-0.39, 0.29) is 4.91 Å². The van der Waals surface area contributed by atoms with E-state index in [4.69, 9.17) is 22.3 Å². The quantitative estimate of drug-likeness (QED) is 0.705. The Morgan fingerprint density at radius 2 is 2.21 bits per heavy atom. The Labute approximate surface area is 89.4 Å². The molecule has 1 aliphatic carbocycles. The van der Waals surface area contributed by atoms with Crippen molar-refractivity contribution < 1.29 is 13.4 Å². The summed E-state index contributed by atoms with van der Waals surface area (Å²) in [6, 6.07) is -0.713. The molecule has 0 radical (unpaired) electrons. The first-order valence-electron chi connectivity index (χ1n) is 3.52. The molecule has 0 amide bonds. The first-order valence-corrected chi connectivity index (χ1v) is 6.21. The van der Waals surface area contributed by atoms with Crippen LogP contribution in [0.2, 0.25) is 0 Å². The molecule has 2 rings (SSSR count). The maximum Gasteiger partial charge on any atom is 0.259 e. The Morgan fingerprint density at radius 1 is 1.50 bits per heavy atom. The topological polar surface area (TPSA) is 67.8 Å². The highest BCUT2D eigenvalue weighted by molar-refractivity contribution is 8.16. The van der Waals surface area contributed by atoms with Gasteiger partial charge in [-0.2, -0.15) is 0 Å². The lowest BCUT2D eigenvalue weighted by molar-refractivity contribution is 0.0665. The Morgan fingerprint density at radius 3 is 2.86 bits per heavy atom. The van der Waals surface area contributed by atoms with Crippen molar-refractivity contribution >= 4 is 37.0 Å². The van der Waals surface area contributed by atoms with Crippen molar-refractivity contribution in [1.29, 1.82) is 0 Å². The molecule has 1 atom stereocenters. The zero-order valence-electron chi connectivity index (χ0n) is 6.57. The first kappa shape index (κ1) is 9.97. The summed E-state index contributed by atoms with van der Waals surface area (Å²) in [5.74, 6) is 0. The fraction of sp³-hybridized carbons (Fsp3) is 0.167. The molecule has 1 unspecified atom stereocenters. The minimum Gasteiger partial charge on any atom is -0.298 e. The van der Waals surface area contributed by atoms with Gasteiger partial charge in [0.2, 0.25) is 0 Å². The zero-order chi connectivity index (χ0) is 10.3. The van der Waals surface area contributed by atoms with Crippen LogP contribution in [0.5, 0.6) is 0 Å². The fourth-order valence-electron chi connectivity index (χ4n) is 1.17. The molecule has 0 aromatic heterocycles. The van der Waals surface area contributed by atoms with Crippen molar-refractivity contribution in [2.75, 3.05) is 0 Å². The van der Waals surface area contributed by atoms with Gasteiger partial charge in [-0.3, -0.25) is 4.94 Å². The van der Waals surface area contributed by atoms with Gasteiger partial charge in [0.05, 0.1) is 9.94 Å². The van der Waals surface area contributed by atoms with E-state index in [1.165, 1.54) is 12.2 Å². The van der Waals surface area contributed by atoms with Gasteiger partial charge in [-0.25, -0.2) is 8.42 Å². The molecule has 0 aromatic carbocycles. The van der Waals surface area contributed by atoms with Crippen LogP contribution in [0.15, 0.2) is 27.2 Å². The molecular weight excluding hydrogens is 251 g/mol. The smallest absolute Gasteiger partial charge is 0.259 e. The monoisotopic (exact) mass is 254 g/mol. The fourth-order valence-corrected chi connectivity index (χ4v) is 2.47. The number of fused-ring (bicyclic) bond motifs is 1. The number of oxime groups is 1. The maximum absolute atomic E-state index is 11.1. The number of rotatable bonds is 1. The van der Waals surface area contributed by atoms with Crippen LogP contribution in [-0.2, 0) is 14.0 Å². The third-order valence-corrected chi connectivity index (χ3v) is 3.58. The first-order chi connectivity index (χ1) is 6.50. The summed E-state index contributed by atoms with van der Waals surface area (Å²) >= 11 is 5.76. The lowest BCUT2D eigenvalue weighted by Gasteiger charge is -2.14. The summed E-state index contributed by atoms with van der Waals surface area (Å²) in [5.41, 5.74) is 2.70. The third-order valence-electron chi connectivity index (χ3n) is 1.79. The highest BCUT2D eigenvalue weighted by Gasteiger charge is 2.36. The number of nitrogens with zero attached hydrogens (tertiary/aromatic N) is 1. The van der Waals surface area contributed by atoms with E-state index < -0.39 is 15.1 Å². The van der Waals surface area contributed by atoms with Gasteiger partial charge in [0, 0.05) is 10.7 Å². The Hall–Kier alpha value is -0.560. The van der Waals surface area contributed by atoms with Gasteiger partial charge < -0.3 is 0 Å². The second-order valence-electron chi connectivity index (χ2n) is 2.64. The van der Waals surface area contributed by atoms with Crippen molar-refractivity contribution in [2.24, 2.45) is 5.16 Å². The average Bonchev–Trinajstić information content (AvgIpc) is 2.50. The van der Waals surface area contributed by atoms with Crippen LogP contribution in [-0.4, -0.2) is 20.2 Å². The van der Waals surface area contributed by atoms with E-state index in [1.807, 2.05) is 0 Å². The largest absolute Gasteiger partial charge is 0.298 e. The molecule has 1 N–H and O–H groups in total. The average molecular weight is 255 g/mol. The van der Waals surface area contributed by atoms with Crippen LogP contribution in [0, 0.1) is 0 Å². The van der Waals surface area contributed by atoms with Gasteiger partial charge in [0.1, 0.15) is 11.8 Å². The molecule has 5 nitrogen and oxygen atoms in total. The zero-order valence-corrected chi connectivity index (χ0v) is 8.90. The Kier molecular flexibility index (Phi) is 2.30. The number of allylic oxidation sites excluding steroid dienone is 2. The van der Waals surface area contributed by atoms with Crippen molar-refractivity contribution in [1.82, 2.24) is 5.48 Å². The normalized spacial score (nSPS) is 25.9. The van der Waals surface area contributed by atoms with E-state index in [0.29, 0.717) is 10.7 Å². The molecule has 2 aliphatic rings. The van der Waals surface area contributed by atoms with Gasteiger partial charge in [0.15, 0.2) is 0 Å². The van der Waals surface area contributed by atoms with E-state index in [1.54, 1.807) is 0 Å². The van der Waals surface area contributed by atoms with Crippen molar-refractivity contribution in [3.05, 3.63) is 22.1 Å². The number of hydrogen-bond acceptors (Lipinski definition) is 5. The molecule has 8 heteroatoms. The van der Waals surface area contributed by atoms with E-state index in [9.17, 15) is 8.42 Å². The van der Waals surface area contributed by atoms with Crippen LogP contribution in [0.4, 0.5) is 0 Å². The highest BCUT2D eigenvalue weighted by atomic mass is 35.7. The van der Waals surface area contributed by atoms with Crippen LogP contribution in [0.1, 0.15) is 0 Å². The molecule has 1 aliphatic heterocycles. The van der Waals surface area contributed by atoms with E-state index in [2.05, 4.69) is 15.6 Å². The maximum atomic E-state index is 11.1. The second kappa shape index (κ2) is 3.23. The molecule has 0 fully saturated rings. The van der Waals surface area contributed by atoms with Gasteiger partial charge in [-0.05, 0) is 12.2 Å². The summed E-state index contributed by atoms with van der Waals surface area (Å²) in [6.07, 6.45) is 2.72. The minimum atomic E-state index is -3.80. The summed E-state index contributed by atoms with van der Waals surface area (Å²) in [6.45, 7) is 0. The second-order valence-corrected chi connectivity index (χ2v) is 5.61. The lowest BCUT2D eigenvalue weighted by Crippen LogP contribution is -2.35. The predicted octanol–water partition coefficient (Wildman–Crippen LogP) is 0.835. The molecular formula is C6H4Cl2N2O3S. The van der Waals surface area contributed by atoms with Gasteiger partial charge in [-0.15, -0.1) is 5.48 Å². The summed E-state index contributed by atoms with van der Waals surface area (Å²) < 4.78 is 22.2.